The second-order valence-electron chi connectivity index (χ2n) is 6.20. The summed E-state index contributed by atoms with van der Waals surface area (Å²) < 4.78 is 5.37. The van der Waals surface area contributed by atoms with Crippen molar-refractivity contribution in [2.24, 2.45) is 0 Å². The standard InChI is InChI=1S/C20H20N2O5/c23-18(21-15(20(25)26)12-14-6-2-1-3-7-14)10-11-22-16-8-4-5-9-17(16)27-13-19(22)24/h1-9,15H,10-13H2,(H,21,23)(H,25,26). The van der Waals surface area contributed by atoms with Crippen molar-refractivity contribution in [2.45, 2.75) is 18.9 Å². The number of fused-ring (bicyclic) bond motifs is 1. The summed E-state index contributed by atoms with van der Waals surface area (Å²) in [5.74, 6) is -1.17. The molecule has 0 saturated heterocycles. The van der Waals surface area contributed by atoms with Gasteiger partial charge in [0.15, 0.2) is 6.61 Å². The van der Waals surface area contributed by atoms with E-state index in [1.165, 1.54) is 4.90 Å². The quantitative estimate of drug-likeness (QED) is 0.774. The van der Waals surface area contributed by atoms with Gasteiger partial charge in [0.05, 0.1) is 5.69 Å². The van der Waals surface area contributed by atoms with Gasteiger partial charge in [0.25, 0.3) is 5.91 Å². The molecule has 1 heterocycles. The van der Waals surface area contributed by atoms with Crippen LogP contribution >= 0.6 is 0 Å². The van der Waals surface area contributed by atoms with Crippen LogP contribution in [0.4, 0.5) is 5.69 Å². The topological polar surface area (TPSA) is 95.9 Å². The van der Waals surface area contributed by atoms with Gasteiger partial charge in [-0.2, -0.15) is 0 Å². The van der Waals surface area contributed by atoms with Crippen LogP contribution in [-0.2, 0) is 20.8 Å². The molecule has 0 aromatic heterocycles. The van der Waals surface area contributed by atoms with Crippen LogP contribution in [0.2, 0.25) is 0 Å². The molecule has 1 aliphatic heterocycles. The maximum atomic E-state index is 12.3. The summed E-state index contributed by atoms with van der Waals surface area (Å²) in [5, 5.41) is 11.9. The lowest BCUT2D eigenvalue weighted by Gasteiger charge is -2.29. The van der Waals surface area contributed by atoms with E-state index in [0.29, 0.717) is 11.4 Å². The molecule has 0 spiro atoms. The Balaban J connectivity index is 1.60. The summed E-state index contributed by atoms with van der Waals surface area (Å²) in [6.07, 6.45) is 0.194. The Morgan fingerprint density at radius 3 is 2.56 bits per heavy atom. The Hall–Kier alpha value is -3.35. The molecule has 2 N–H and O–H groups in total. The van der Waals surface area contributed by atoms with E-state index >= 15 is 0 Å². The van der Waals surface area contributed by atoms with Crippen LogP contribution in [0.15, 0.2) is 54.6 Å². The second-order valence-corrected chi connectivity index (χ2v) is 6.20. The van der Waals surface area contributed by atoms with Crippen LogP contribution in [0.3, 0.4) is 0 Å². The van der Waals surface area contributed by atoms with E-state index in [0.717, 1.165) is 5.56 Å². The smallest absolute Gasteiger partial charge is 0.326 e. The molecule has 0 bridgehead atoms. The van der Waals surface area contributed by atoms with Crippen molar-refractivity contribution in [3.8, 4) is 5.75 Å². The second kappa shape index (κ2) is 8.35. The van der Waals surface area contributed by atoms with Gasteiger partial charge in [-0.3, -0.25) is 9.59 Å². The number of carbonyl (C=O) groups is 3. The molecule has 140 valence electrons. The Morgan fingerprint density at radius 1 is 1.11 bits per heavy atom. The summed E-state index contributed by atoms with van der Waals surface area (Å²) in [6.45, 7) is 0.0765. The maximum absolute atomic E-state index is 12.3. The van der Waals surface area contributed by atoms with E-state index in [2.05, 4.69) is 5.32 Å². The Labute approximate surface area is 156 Å². The molecule has 2 aromatic carbocycles. The third-order valence-electron chi connectivity index (χ3n) is 4.29. The Kier molecular flexibility index (Phi) is 5.71. The number of hydrogen-bond donors (Lipinski definition) is 2. The van der Waals surface area contributed by atoms with Crippen molar-refractivity contribution in [3.63, 3.8) is 0 Å². The minimum Gasteiger partial charge on any atom is -0.482 e. The van der Waals surface area contributed by atoms with E-state index in [1.807, 2.05) is 30.3 Å². The van der Waals surface area contributed by atoms with Gasteiger partial charge in [-0.1, -0.05) is 42.5 Å². The number of ether oxygens (including phenoxy) is 1. The summed E-state index contributed by atoms with van der Waals surface area (Å²) in [5.41, 5.74) is 1.43. The lowest BCUT2D eigenvalue weighted by molar-refractivity contribution is -0.141. The molecule has 1 unspecified atom stereocenters. The van der Waals surface area contributed by atoms with E-state index < -0.39 is 17.9 Å². The first-order chi connectivity index (χ1) is 13.0. The molecule has 0 radical (unpaired) electrons. The van der Waals surface area contributed by atoms with E-state index in [9.17, 15) is 19.5 Å². The SMILES string of the molecule is O=C(CCN1C(=O)COc2ccccc21)NC(Cc1ccccc1)C(=O)O. The predicted molar refractivity (Wildman–Crippen MR) is 98.6 cm³/mol. The first kappa shape index (κ1) is 18.4. The fourth-order valence-corrected chi connectivity index (χ4v) is 2.93. The van der Waals surface area contributed by atoms with Crippen molar-refractivity contribution in [2.75, 3.05) is 18.1 Å². The fourth-order valence-electron chi connectivity index (χ4n) is 2.93. The van der Waals surface area contributed by atoms with Gasteiger partial charge in [0.1, 0.15) is 11.8 Å². The number of para-hydroxylation sites is 2. The summed E-state index contributed by atoms with van der Waals surface area (Å²) >= 11 is 0. The first-order valence-electron chi connectivity index (χ1n) is 8.63. The molecule has 0 fully saturated rings. The predicted octanol–water partition coefficient (Wildman–Crippen LogP) is 1.61. The van der Waals surface area contributed by atoms with Gasteiger partial charge in [-0.05, 0) is 17.7 Å². The van der Waals surface area contributed by atoms with E-state index in [-0.39, 0.29) is 31.9 Å². The molecule has 0 saturated carbocycles. The van der Waals surface area contributed by atoms with Crippen molar-refractivity contribution < 1.29 is 24.2 Å². The number of carboxylic acid groups (broad SMARTS) is 1. The average molecular weight is 368 g/mol. The van der Waals surface area contributed by atoms with Crippen LogP contribution in [0.5, 0.6) is 5.75 Å². The average Bonchev–Trinajstić information content (AvgIpc) is 2.67. The third kappa shape index (κ3) is 4.63. The molecule has 3 rings (SSSR count). The van der Waals surface area contributed by atoms with Gasteiger partial charge in [-0.15, -0.1) is 0 Å². The molecule has 7 heteroatoms. The van der Waals surface area contributed by atoms with Gasteiger partial charge >= 0.3 is 5.97 Å². The highest BCUT2D eigenvalue weighted by atomic mass is 16.5. The van der Waals surface area contributed by atoms with Crippen LogP contribution in [0.25, 0.3) is 0 Å². The minimum absolute atomic E-state index is 0.00135. The van der Waals surface area contributed by atoms with Crippen LogP contribution in [0.1, 0.15) is 12.0 Å². The molecule has 2 aromatic rings. The van der Waals surface area contributed by atoms with Gasteiger partial charge in [0.2, 0.25) is 5.91 Å². The van der Waals surface area contributed by atoms with Gasteiger partial charge in [0, 0.05) is 19.4 Å². The molecular formula is C20H20N2O5. The van der Waals surface area contributed by atoms with Crippen molar-refractivity contribution >= 4 is 23.5 Å². The van der Waals surface area contributed by atoms with E-state index in [4.69, 9.17) is 4.74 Å². The van der Waals surface area contributed by atoms with Crippen LogP contribution < -0.4 is 15.0 Å². The highest BCUT2D eigenvalue weighted by Gasteiger charge is 2.26. The molecule has 1 atom stereocenters. The number of benzene rings is 2. The monoisotopic (exact) mass is 368 g/mol. The summed E-state index contributed by atoms with van der Waals surface area (Å²) in [7, 11) is 0. The van der Waals surface area contributed by atoms with Crippen molar-refractivity contribution in [1.29, 1.82) is 0 Å². The molecule has 7 nitrogen and oxygen atoms in total. The largest absolute Gasteiger partial charge is 0.482 e. The zero-order valence-electron chi connectivity index (χ0n) is 14.6. The number of aliphatic carboxylic acids is 1. The van der Waals surface area contributed by atoms with Crippen LogP contribution in [0, 0.1) is 0 Å². The van der Waals surface area contributed by atoms with E-state index in [1.54, 1.807) is 24.3 Å². The van der Waals surface area contributed by atoms with Gasteiger partial charge in [-0.25, -0.2) is 4.79 Å². The first-order valence-corrected chi connectivity index (χ1v) is 8.63. The zero-order valence-corrected chi connectivity index (χ0v) is 14.6. The molecule has 0 aliphatic carbocycles. The number of amides is 2. The number of carbonyl (C=O) groups excluding carboxylic acids is 2. The van der Waals surface area contributed by atoms with Crippen molar-refractivity contribution in [3.05, 3.63) is 60.2 Å². The molecule has 1 aliphatic rings. The van der Waals surface area contributed by atoms with Gasteiger partial charge < -0.3 is 20.1 Å². The lowest BCUT2D eigenvalue weighted by atomic mass is 10.1. The molecule has 2 amide bonds. The number of nitrogens with zero attached hydrogens (tertiary/aromatic N) is 1. The third-order valence-corrected chi connectivity index (χ3v) is 4.29. The minimum atomic E-state index is -1.10. The number of anilines is 1. The highest BCUT2D eigenvalue weighted by Crippen LogP contribution is 2.31. The van der Waals surface area contributed by atoms with Crippen LogP contribution in [-0.4, -0.2) is 42.1 Å². The number of rotatable bonds is 7. The fraction of sp³-hybridized carbons (Fsp3) is 0.250. The highest BCUT2D eigenvalue weighted by molar-refractivity contribution is 5.98. The maximum Gasteiger partial charge on any atom is 0.326 e. The number of nitrogens with one attached hydrogen (secondary N) is 1. The molecule has 27 heavy (non-hydrogen) atoms. The summed E-state index contributed by atoms with van der Waals surface area (Å²) in [4.78, 5) is 37.3. The summed E-state index contributed by atoms with van der Waals surface area (Å²) in [6, 6.07) is 15.2. The zero-order chi connectivity index (χ0) is 19.2. The lowest BCUT2D eigenvalue weighted by Crippen LogP contribution is -2.45. The normalized spacial score (nSPS) is 14.1. The molecular weight excluding hydrogens is 348 g/mol. The van der Waals surface area contributed by atoms with Crippen molar-refractivity contribution in [1.82, 2.24) is 5.32 Å². The Bertz CT molecular complexity index is 837. The number of hydrogen-bond acceptors (Lipinski definition) is 4. The number of carboxylic acids is 1. The Morgan fingerprint density at radius 2 is 1.81 bits per heavy atom.